The van der Waals surface area contributed by atoms with E-state index in [1.54, 1.807) is 0 Å². The smallest absolute Gasteiger partial charge is 0.180 e. The second-order valence-electron chi connectivity index (χ2n) is 7.76. The van der Waals surface area contributed by atoms with E-state index in [0.717, 1.165) is 24.4 Å². The molecule has 4 rings (SSSR count). The monoisotopic (exact) mass is 432 g/mol. The zero-order valence-electron chi connectivity index (χ0n) is 16.8. The molecule has 4 nitrogen and oxygen atoms in total. The molecule has 0 spiro atoms. The highest BCUT2D eigenvalue weighted by atomic mass is 35.5. The molecule has 1 aliphatic rings. The lowest BCUT2D eigenvalue weighted by molar-refractivity contribution is 0.333. The van der Waals surface area contributed by atoms with E-state index in [2.05, 4.69) is 20.5 Å². The van der Waals surface area contributed by atoms with Crippen LogP contribution in [0.1, 0.15) is 44.1 Å². The highest BCUT2D eigenvalue weighted by molar-refractivity contribution is 5.85. The molecule has 30 heavy (non-hydrogen) atoms. The molecule has 0 aliphatic heterocycles. The fourth-order valence-electron chi connectivity index (χ4n) is 4.15. The fourth-order valence-corrected chi connectivity index (χ4v) is 4.15. The van der Waals surface area contributed by atoms with Crippen molar-refractivity contribution >= 4 is 12.4 Å². The Morgan fingerprint density at radius 1 is 1.03 bits per heavy atom. The number of rotatable bonds is 7. The number of hydrogen-bond donors (Lipinski definition) is 2. The Balaban J connectivity index is 0.00000256. The van der Waals surface area contributed by atoms with Crippen LogP contribution in [0.3, 0.4) is 0 Å². The quantitative estimate of drug-likeness (QED) is 0.457. The zero-order valence-corrected chi connectivity index (χ0v) is 17.7. The topological polar surface area (TPSA) is 53.6 Å². The molecule has 1 saturated carbocycles. The Hall–Kier alpha value is -2.31. The third kappa shape index (κ3) is 5.24. The van der Waals surface area contributed by atoms with Gasteiger partial charge in [-0.2, -0.15) is 5.10 Å². The summed E-state index contributed by atoms with van der Waals surface area (Å²) in [5.41, 5.74) is 1.93. The summed E-state index contributed by atoms with van der Waals surface area (Å²) in [7, 11) is 0. The first-order valence-corrected chi connectivity index (χ1v) is 10.4. The first-order chi connectivity index (χ1) is 14.2. The predicted molar refractivity (Wildman–Crippen MR) is 117 cm³/mol. The van der Waals surface area contributed by atoms with Crippen molar-refractivity contribution in [2.24, 2.45) is 5.92 Å². The van der Waals surface area contributed by atoms with Crippen molar-refractivity contribution in [1.82, 2.24) is 20.5 Å². The van der Waals surface area contributed by atoms with Crippen molar-refractivity contribution in [1.29, 1.82) is 0 Å². The highest BCUT2D eigenvalue weighted by Crippen LogP contribution is 2.30. The van der Waals surface area contributed by atoms with Crippen molar-refractivity contribution in [3.8, 4) is 22.5 Å². The first-order valence-electron chi connectivity index (χ1n) is 10.4. The SMILES string of the molecule is Cl.Fc1ccc(-c2cccc(-c3nc[nH]n3)c2)c(F)c1CNCCC1CCCCC1. The van der Waals surface area contributed by atoms with E-state index < -0.39 is 11.6 Å². The number of H-pyrrole nitrogens is 1. The van der Waals surface area contributed by atoms with Crippen molar-refractivity contribution in [2.75, 3.05) is 6.54 Å². The third-order valence-electron chi connectivity index (χ3n) is 5.79. The van der Waals surface area contributed by atoms with E-state index in [-0.39, 0.29) is 24.5 Å². The van der Waals surface area contributed by atoms with Gasteiger partial charge in [-0.15, -0.1) is 12.4 Å². The van der Waals surface area contributed by atoms with Crippen LogP contribution in [0.2, 0.25) is 0 Å². The van der Waals surface area contributed by atoms with E-state index >= 15 is 4.39 Å². The summed E-state index contributed by atoms with van der Waals surface area (Å²) in [6, 6.07) is 10.2. The molecule has 2 N–H and O–H groups in total. The van der Waals surface area contributed by atoms with Gasteiger partial charge in [-0.3, -0.25) is 5.10 Å². The van der Waals surface area contributed by atoms with Crippen LogP contribution < -0.4 is 5.32 Å². The van der Waals surface area contributed by atoms with E-state index in [0.29, 0.717) is 17.0 Å². The molecule has 0 unspecified atom stereocenters. The van der Waals surface area contributed by atoms with Gasteiger partial charge in [0.1, 0.15) is 18.0 Å². The van der Waals surface area contributed by atoms with Gasteiger partial charge in [0, 0.05) is 23.2 Å². The van der Waals surface area contributed by atoms with Crippen molar-refractivity contribution < 1.29 is 8.78 Å². The molecule has 1 aliphatic carbocycles. The summed E-state index contributed by atoms with van der Waals surface area (Å²) < 4.78 is 29.5. The number of hydrogen-bond acceptors (Lipinski definition) is 3. The van der Waals surface area contributed by atoms with Crippen LogP contribution in [0.25, 0.3) is 22.5 Å². The van der Waals surface area contributed by atoms with Gasteiger partial charge in [0.15, 0.2) is 5.82 Å². The number of halogens is 3. The summed E-state index contributed by atoms with van der Waals surface area (Å²) in [6.07, 6.45) is 9.08. The van der Waals surface area contributed by atoms with Crippen molar-refractivity contribution in [2.45, 2.75) is 45.1 Å². The van der Waals surface area contributed by atoms with E-state index in [4.69, 9.17) is 0 Å². The van der Waals surface area contributed by atoms with Gasteiger partial charge in [0.2, 0.25) is 0 Å². The van der Waals surface area contributed by atoms with E-state index in [1.807, 2.05) is 24.3 Å². The summed E-state index contributed by atoms with van der Waals surface area (Å²) >= 11 is 0. The highest BCUT2D eigenvalue weighted by Gasteiger charge is 2.17. The Bertz CT molecular complexity index is 940. The van der Waals surface area contributed by atoms with Crippen LogP contribution in [0.5, 0.6) is 0 Å². The lowest BCUT2D eigenvalue weighted by Crippen LogP contribution is -2.20. The molecule has 0 atom stereocenters. The van der Waals surface area contributed by atoms with Crippen LogP contribution in [0, 0.1) is 17.6 Å². The van der Waals surface area contributed by atoms with E-state index in [9.17, 15) is 4.39 Å². The Kier molecular flexibility index (Phi) is 7.94. The maximum atomic E-state index is 15.2. The van der Waals surface area contributed by atoms with Gasteiger partial charge in [0.25, 0.3) is 0 Å². The number of benzene rings is 2. The standard InChI is InChI=1S/C23H26F2N4.ClH/c24-21-10-9-19(17-7-4-8-18(13-17)23-27-15-28-29-23)22(25)20(21)14-26-12-11-16-5-2-1-3-6-16;/h4,7-10,13,15-16,26H,1-3,5-6,11-12,14H2,(H,27,28,29);1H. The number of aromatic amines is 1. The molecular formula is C23H27ClF2N4. The van der Waals surface area contributed by atoms with Crippen molar-refractivity contribution in [3.63, 3.8) is 0 Å². The molecule has 0 amide bonds. The molecule has 1 fully saturated rings. The average molecular weight is 433 g/mol. The molecule has 0 radical (unpaired) electrons. The molecule has 2 aromatic carbocycles. The maximum Gasteiger partial charge on any atom is 0.180 e. The van der Waals surface area contributed by atoms with Gasteiger partial charge < -0.3 is 5.32 Å². The largest absolute Gasteiger partial charge is 0.312 e. The van der Waals surface area contributed by atoms with Gasteiger partial charge in [-0.25, -0.2) is 13.8 Å². The van der Waals surface area contributed by atoms with Gasteiger partial charge in [0.05, 0.1) is 0 Å². The summed E-state index contributed by atoms with van der Waals surface area (Å²) in [5.74, 6) is 0.262. The Morgan fingerprint density at radius 2 is 1.83 bits per heavy atom. The minimum absolute atomic E-state index is 0. The van der Waals surface area contributed by atoms with Crippen molar-refractivity contribution in [3.05, 3.63) is 59.9 Å². The zero-order chi connectivity index (χ0) is 20.1. The lowest BCUT2D eigenvalue weighted by atomic mass is 9.87. The van der Waals surface area contributed by atoms with Gasteiger partial charge in [-0.05, 0) is 42.6 Å². The van der Waals surface area contributed by atoms with Crippen LogP contribution in [0.15, 0.2) is 42.7 Å². The number of aromatic nitrogens is 3. The molecular weight excluding hydrogens is 406 g/mol. The first kappa shape index (κ1) is 22.4. The average Bonchev–Trinajstić information content (AvgIpc) is 3.29. The fraction of sp³-hybridized carbons (Fsp3) is 0.391. The molecule has 1 heterocycles. The molecule has 0 saturated heterocycles. The second-order valence-corrected chi connectivity index (χ2v) is 7.76. The number of nitrogens with zero attached hydrogens (tertiary/aromatic N) is 2. The molecule has 3 aromatic rings. The molecule has 160 valence electrons. The van der Waals surface area contributed by atoms with Gasteiger partial charge >= 0.3 is 0 Å². The second kappa shape index (κ2) is 10.6. The Labute approximate surface area is 181 Å². The third-order valence-corrected chi connectivity index (χ3v) is 5.79. The molecule has 1 aromatic heterocycles. The lowest BCUT2D eigenvalue weighted by Gasteiger charge is -2.21. The Morgan fingerprint density at radius 3 is 2.60 bits per heavy atom. The van der Waals surface area contributed by atoms with Crippen LogP contribution in [-0.4, -0.2) is 21.7 Å². The van der Waals surface area contributed by atoms with E-state index in [1.165, 1.54) is 50.6 Å². The minimum atomic E-state index is -0.512. The summed E-state index contributed by atoms with van der Waals surface area (Å²) in [6.45, 7) is 0.979. The maximum absolute atomic E-state index is 15.2. The normalized spacial score (nSPS) is 14.5. The van der Waals surface area contributed by atoms with Crippen LogP contribution >= 0.6 is 12.4 Å². The minimum Gasteiger partial charge on any atom is -0.312 e. The number of nitrogens with one attached hydrogen (secondary N) is 2. The predicted octanol–water partition coefficient (Wildman–Crippen LogP) is 5.90. The molecule has 0 bridgehead atoms. The molecule has 7 heteroatoms. The van der Waals surface area contributed by atoms with Crippen LogP contribution in [-0.2, 0) is 6.54 Å². The summed E-state index contributed by atoms with van der Waals surface area (Å²) in [4.78, 5) is 4.13. The summed E-state index contributed by atoms with van der Waals surface area (Å²) in [5, 5.41) is 9.98. The van der Waals surface area contributed by atoms with Gasteiger partial charge in [-0.1, -0.05) is 50.3 Å². The van der Waals surface area contributed by atoms with Crippen LogP contribution in [0.4, 0.5) is 8.78 Å².